The molecule has 2 rings (SSSR count). The Bertz CT molecular complexity index is 476. The number of rotatable bonds is 6. The first-order valence-corrected chi connectivity index (χ1v) is 7.88. The summed E-state index contributed by atoms with van der Waals surface area (Å²) in [6.45, 7) is 8.81. The SMILES string of the molecule is CCOCCN(CC)C(=O)C1Cc2ccccc2NC1C. The van der Waals surface area contributed by atoms with Crippen LogP contribution in [0, 0.1) is 5.92 Å². The summed E-state index contributed by atoms with van der Waals surface area (Å²) in [7, 11) is 0. The van der Waals surface area contributed by atoms with Crippen LogP contribution in [0.15, 0.2) is 24.3 Å². The van der Waals surface area contributed by atoms with Crippen LogP contribution in [0.1, 0.15) is 26.3 Å². The highest BCUT2D eigenvalue weighted by atomic mass is 16.5. The van der Waals surface area contributed by atoms with Crippen molar-refractivity contribution in [2.45, 2.75) is 33.2 Å². The molecule has 0 saturated carbocycles. The number of amides is 1. The van der Waals surface area contributed by atoms with E-state index in [1.54, 1.807) is 0 Å². The zero-order valence-corrected chi connectivity index (χ0v) is 13.3. The normalized spacial score (nSPS) is 20.5. The maximum absolute atomic E-state index is 12.8. The molecule has 116 valence electrons. The maximum Gasteiger partial charge on any atom is 0.228 e. The van der Waals surface area contributed by atoms with Gasteiger partial charge in [-0.15, -0.1) is 0 Å². The van der Waals surface area contributed by atoms with Crippen molar-refractivity contribution in [2.75, 3.05) is 31.6 Å². The second-order valence-corrected chi connectivity index (χ2v) is 5.52. The highest BCUT2D eigenvalue weighted by Gasteiger charge is 2.32. The number of likely N-dealkylation sites (N-methyl/N-ethyl adjacent to an activating group) is 1. The lowest BCUT2D eigenvalue weighted by Crippen LogP contribution is -2.46. The van der Waals surface area contributed by atoms with E-state index in [-0.39, 0.29) is 17.9 Å². The van der Waals surface area contributed by atoms with Gasteiger partial charge in [0.05, 0.1) is 12.5 Å². The number of fused-ring (bicyclic) bond motifs is 1. The molecule has 0 spiro atoms. The Hall–Kier alpha value is -1.55. The molecule has 2 atom stereocenters. The number of carbonyl (C=O) groups is 1. The van der Waals surface area contributed by atoms with Crippen LogP contribution in [0.2, 0.25) is 0 Å². The lowest BCUT2D eigenvalue weighted by Gasteiger charge is -2.35. The number of para-hydroxylation sites is 1. The van der Waals surface area contributed by atoms with Gasteiger partial charge >= 0.3 is 0 Å². The van der Waals surface area contributed by atoms with Crippen LogP contribution < -0.4 is 5.32 Å². The summed E-state index contributed by atoms with van der Waals surface area (Å²) in [5.74, 6) is 0.230. The summed E-state index contributed by atoms with van der Waals surface area (Å²) in [5.41, 5.74) is 2.39. The molecule has 0 radical (unpaired) electrons. The summed E-state index contributed by atoms with van der Waals surface area (Å²) in [4.78, 5) is 14.7. The van der Waals surface area contributed by atoms with Gasteiger partial charge in [-0.3, -0.25) is 4.79 Å². The van der Waals surface area contributed by atoms with E-state index in [0.717, 1.165) is 18.7 Å². The van der Waals surface area contributed by atoms with Crippen LogP contribution >= 0.6 is 0 Å². The van der Waals surface area contributed by atoms with Gasteiger partial charge in [0.1, 0.15) is 0 Å². The number of nitrogens with zero attached hydrogens (tertiary/aromatic N) is 1. The van der Waals surface area contributed by atoms with Crippen molar-refractivity contribution in [1.82, 2.24) is 4.90 Å². The molecule has 0 fully saturated rings. The number of anilines is 1. The molecule has 1 heterocycles. The van der Waals surface area contributed by atoms with Crippen LogP contribution in [0.25, 0.3) is 0 Å². The Labute approximate surface area is 127 Å². The highest BCUT2D eigenvalue weighted by molar-refractivity contribution is 5.81. The van der Waals surface area contributed by atoms with Crippen molar-refractivity contribution in [1.29, 1.82) is 0 Å². The summed E-state index contributed by atoms with van der Waals surface area (Å²) < 4.78 is 5.38. The molecule has 0 aromatic heterocycles. The molecule has 1 N–H and O–H groups in total. The highest BCUT2D eigenvalue weighted by Crippen LogP contribution is 2.29. The third kappa shape index (κ3) is 3.76. The number of nitrogens with one attached hydrogen (secondary N) is 1. The predicted octanol–water partition coefficient (Wildman–Crippen LogP) is 2.54. The average molecular weight is 290 g/mol. The number of ether oxygens (including phenoxy) is 1. The molecule has 1 aromatic rings. The molecule has 4 heteroatoms. The number of hydrogen-bond donors (Lipinski definition) is 1. The van der Waals surface area contributed by atoms with Gasteiger partial charge < -0.3 is 15.0 Å². The van der Waals surface area contributed by atoms with Gasteiger partial charge in [0.25, 0.3) is 0 Å². The fraction of sp³-hybridized carbons (Fsp3) is 0.588. The zero-order chi connectivity index (χ0) is 15.2. The van der Waals surface area contributed by atoms with Gasteiger partial charge in [0.2, 0.25) is 5.91 Å². The lowest BCUT2D eigenvalue weighted by atomic mass is 9.87. The van der Waals surface area contributed by atoms with Gasteiger partial charge in [-0.05, 0) is 38.8 Å². The smallest absolute Gasteiger partial charge is 0.228 e. The van der Waals surface area contributed by atoms with E-state index >= 15 is 0 Å². The van der Waals surface area contributed by atoms with Crippen LogP contribution in [-0.4, -0.2) is 43.2 Å². The van der Waals surface area contributed by atoms with Crippen molar-refractivity contribution in [3.05, 3.63) is 29.8 Å². The summed E-state index contributed by atoms with van der Waals surface area (Å²) >= 11 is 0. The van der Waals surface area contributed by atoms with Crippen molar-refractivity contribution in [3.8, 4) is 0 Å². The molecule has 1 aromatic carbocycles. The minimum absolute atomic E-state index is 0.00137. The second-order valence-electron chi connectivity index (χ2n) is 5.52. The first kappa shape index (κ1) is 15.8. The Morgan fingerprint density at radius 3 is 2.86 bits per heavy atom. The first-order chi connectivity index (χ1) is 10.2. The molecule has 1 amide bonds. The third-order valence-corrected chi connectivity index (χ3v) is 4.16. The molecule has 2 unspecified atom stereocenters. The Morgan fingerprint density at radius 2 is 2.14 bits per heavy atom. The minimum atomic E-state index is 0.00137. The average Bonchev–Trinajstić information content (AvgIpc) is 2.50. The monoisotopic (exact) mass is 290 g/mol. The number of carbonyl (C=O) groups excluding carboxylic acids is 1. The number of hydrogen-bond acceptors (Lipinski definition) is 3. The largest absolute Gasteiger partial charge is 0.382 e. The van der Waals surface area contributed by atoms with Crippen LogP contribution in [-0.2, 0) is 16.0 Å². The minimum Gasteiger partial charge on any atom is -0.382 e. The van der Waals surface area contributed by atoms with Gasteiger partial charge in [-0.2, -0.15) is 0 Å². The molecule has 1 aliphatic heterocycles. The molecule has 0 aliphatic carbocycles. The van der Waals surface area contributed by atoms with E-state index in [9.17, 15) is 4.79 Å². The van der Waals surface area contributed by atoms with Gasteiger partial charge in [0.15, 0.2) is 0 Å². The molecule has 1 aliphatic rings. The number of benzene rings is 1. The van der Waals surface area contributed by atoms with Crippen molar-refractivity contribution >= 4 is 11.6 Å². The van der Waals surface area contributed by atoms with E-state index in [2.05, 4.69) is 24.4 Å². The summed E-state index contributed by atoms with van der Waals surface area (Å²) in [5, 5.41) is 3.46. The fourth-order valence-electron chi connectivity index (χ4n) is 2.88. The van der Waals surface area contributed by atoms with Crippen molar-refractivity contribution in [2.24, 2.45) is 5.92 Å². The Morgan fingerprint density at radius 1 is 1.38 bits per heavy atom. The quantitative estimate of drug-likeness (QED) is 0.819. The summed E-state index contributed by atoms with van der Waals surface area (Å²) in [6.07, 6.45) is 0.814. The van der Waals surface area contributed by atoms with Gasteiger partial charge in [-0.1, -0.05) is 18.2 Å². The van der Waals surface area contributed by atoms with Crippen molar-refractivity contribution < 1.29 is 9.53 Å². The maximum atomic E-state index is 12.8. The molecule has 0 bridgehead atoms. The first-order valence-electron chi connectivity index (χ1n) is 7.88. The standard InChI is InChI=1S/C17H26N2O2/c1-4-19(10-11-21-5-2)17(20)15-12-14-8-6-7-9-16(14)18-13(15)3/h6-9,13,15,18H,4-5,10-12H2,1-3H3. The van der Waals surface area contributed by atoms with E-state index in [0.29, 0.717) is 19.8 Å². The van der Waals surface area contributed by atoms with E-state index in [1.165, 1.54) is 5.56 Å². The second kappa shape index (κ2) is 7.46. The Balaban J connectivity index is 2.04. The fourth-order valence-corrected chi connectivity index (χ4v) is 2.88. The van der Waals surface area contributed by atoms with Gasteiger partial charge in [0, 0.05) is 31.4 Å². The zero-order valence-electron chi connectivity index (χ0n) is 13.3. The molecular weight excluding hydrogens is 264 g/mol. The molecule has 21 heavy (non-hydrogen) atoms. The lowest BCUT2D eigenvalue weighted by molar-refractivity contribution is -0.136. The van der Waals surface area contributed by atoms with Gasteiger partial charge in [-0.25, -0.2) is 0 Å². The Kier molecular flexibility index (Phi) is 5.62. The van der Waals surface area contributed by atoms with E-state index in [4.69, 9.17) is 4.74 Å². The van der Waals surface area contributed by atoms with Crippen LogP contribution in [0.3, 0.4) is 0 Å². The molecule has 0 saturated heterocycles. The topological polar surface area (TPSA) is 41.6 Å². The van der Waals surface area contributed by atoms with Crippen LogP contribution in [0.5, 0.6) is 0 Å². The van der Waals surface area contributed by atoms with E-state index in [1.807, 2.05) is 30.9 Å². The van der Waals surface area contributed by atoms with Crippen molar-refractivity contribution in [3.63, 3.8) is 0 Å². The predicted molar refractivity (Wildman–Crippen MR) is 85.5 cm³/mol. The summed E-state index contributed by atoms with van der Waals surface area (Å²) in [6, 6.07) is 8.41. The van der Waals surface area contributed by atoms with E-state index < -0.39 is 0 Å². The third-order valence-electron chi connectivity index (χ3n) is 4.16. The van der Waals surface area contributed by atoms with Crippen LogP contribution in [0.4, 0.5) is 5.69 Å². The molecule has 4 nitrogen and oxygen atoms in total. The molecular formula is C17H26N2O2.